The van der Waals surface area contributed by atoms with Crippen LogP contribution in [0.3, 0.4) is 0 Å². The van der Waals surface area contributed by atoms with Gasteiger partial charge in [-0.05, 0) is 36.6 Å². The third kappa shape index (κ3) is 5.69. The van der Waals surface area contributed by atoms with Gasteiger partial charge >= 0.3 is 0 Å². The average molecular weight is 376 g/mol. The average Bonchev–Trinajstić information content (AvgIpc) is 2.83. The van der Waals surface area contributed by atoms with Crippen LogP contribution in [-0.2, 0) is 14.6 Å². The summed E-state index contributed by atoms with van der Waals surface area (Å²) in [6, 6.07) is 7.18. The SMILES string of the molecule is CC(C)CN(C(=O)CSc1ccc(Cl)cc1)C1CCS(=O)(=O)C1. The minimum atomic E-state index is -3.00. The van der Waals surface area contributed by atoms with E-state index in [2.05, 4.69) is 0 Å². The van der Waals surface area contributed by atoms with Gasteiger partial charge in [0, 0.05) is 22.5 Å². The van der Waals surface area contributed by atoms with Gasteiger partial charge in [0.25, 0.3) is 0 Å². The molecule has 0 spiro atoms. The second kappa shape index (κ2) is 7.90. The van der Waals surface area contributed by atoms with Crippen LogP contribution in [0.1, 0.15) is 20.3 Å². The molecule has 1 amide bonds. The summed E-state index contributed by atoms with van der Waals surface area (Å²) >= 11 is 7.31. The highest BCUT2D eigenvalue weighted by molar-refractivity contribution is 8.00. The van der Waals surface area contributed by atoms with E-state index >= 15 is 0 Å². The van der Waals surface area contributed by atoms with Gasteiger partial charge in [-0.3, -0.25) is 4.79 Å². The second-order valence-corrected chi connectivity index (χ2v) is 9.95. The van der Waals surface area contributed by atoms with Crippen molar-refractivity contribution >= 4 is 39.1 Å². The van der Waals surface area contributed by atoms with Gasteiger partial charge in [0.2, 0.25) is 5.91 Å². The van der Waals surface area contributed by atoms with E-state index in [-0.39, 0.29) is 23.5 Å². The van der Waals surface area contributed by atoms with E-state index < -0.39 is 9.84 Å². The molecule has 1 aliphatic heterocycles. The molecule has 0 aromatic heterocycles. The van der Waals surface area contributed by atoms with Gasteiger partial charge in [0.05, 0.1) is 17.3 Å². The van der Waals surface area contributed by atoms with Crippen LogP contribution in [0.15, 0.2) is 29.2 Å². The van der Waals surface area contributed by atoms with Crippen molar-refractivity contribution < 1.29 is 13.2 Å². The second-order valence-electron chi connectivity index (χ2n) is 6.24. The zero-order valence-electron chi connectivity index (χ0n) is 13.4. The van der Waals surface area contributed by atoms with E-state index in [1.54, 1.807) is 17.0 Å². The molecule has 1 aromatic rings. The van der Waals surface area contributed by atoms with Crippen molar-refractivity contribution in [2.24, 2.45) is 5.92 Å². The normalized spacial score (nSPS) is 19.9. The van der Waals surface area contributed by atoms with Crippen molar-refractivity contribution in [3.8, 4) is 0 Å². The van der Waals surface area contributed by atoms with Crippen molar-refractivity contribution in [2.75, 3.05) is 23.8 Å². The molecule has 0 radical (unpaired) electrons. The molecule has 128 valence electrons. The number of sulfone groups is 1. The molecule has 23 heavy (non-hydrogen) atoms. The van der Waals surface area contributed by atoms with E-state index in [1.807, 2.05) is 26.0 Å². The summed E-state index contributed by atoms with van der Waals surface area (Å²) in [7, 11) is -3.00. The number of carbonyl (C=O) groups excluding carboxylic acids is 1. The van der Waals surface area contributed by atoms with Gasteiger partial charge in [0.15, 0.2) is 9.84 Å². The number of amides is 1. The summed E-state index contributed by atoms with van der Waals surface area (Å²) in [6.45, 7) is 4.67. The van der Waals surface area contributed by atoms with E-state index in [9.17, 15) is 13.2 Å². The predicted molar refractivity (Wildman–Crippen MR) is 95.8 cm³/mol. The molecule has 0 bridgehead atoms. The van der Waals surface area contributed by atoms with E-state index in [1.165, 1.54) is 11.8 Å². The topological polar surface area (TPSA) is 54.5 Å². The third-order valence-electron chi connectivity index (χ3n) is 3.71. The van der Waals surface area contributed by atoms with E-state index in [0.29, 0.717) is 29.7 Å². The minimum absolute atomic E-state index is 0.000694. The first-order chi connectivity index (χ1) is 10.8. The molecule has 1 aliphatic rings. The smallest absolute Gasteiger partial charge is 0.233 e. The van der Waals surface area contributed by atoms with Gasteiger partial charge in [-0.25, -0.2) is 8.42 Å². The first kappa shape index (κ1) is 18.6. The lowest BCUT2D eigenvalue weighted by Crippen LogP contribution is -2.44. The zero-order valence-corrected chi connectivity index (χ0v) is 15.8. The number of hydrogen-bond acceptors (Lipinski definition) is 4. The summed E-state index contributed by atoms with van der Waals surface area (Å²) in [4.78, 5) is 15.3. The van der Waals surface area contributed by atoms with Crippen LogP contribution in [0.25, 0.3) is 0 Å². The predicted octanol–water partition coefficient (Wildman–Crippen LogP) is 3.10. The molecule has 1 fully saturated rings. The molecule has 1 atom stereocenters. The Hall–Kier alpha value is -0.720. The Morgan fingerprint density at radius 1 is 1.35 bits per heavy atom. The molecular weight excluding hydrogens is 354 g/mol. The first-order valence-corrected chi connectivity index (χ1v) is 10.8. The molecule has 0 N–H and O–H groups in total. The number of nitrogens with zero attached hydrogens (tertiary/aromatic N) is 1. The van der Waals surface area contributed by atoms with Crippen LogP contribution in [0, 0.1) is 5.92 Å². The standard InChI is InChI=1S/C16H22ClNO3S2/c1-12(2)9-18(14-7-8-23(20,21)11-14)16(19)10-22-15-5-3-13(17)4-6-15/h3-6,12,14H,7-11H2,1-2H3. The number of rotatable bonds is 6. The number of halogens is 1. The number of hydrogen-bond donors (Lipinski definition) is 0. The fraction of sp³-hybridized carbons (Fsp3) is 0.562. The number of thioether (sulfide) groups is 1. The molecule has 1 heterocycles. The van der Waals surface area contributed by atoms with Gasteiger partial charge in [-0.2, -0.15) is 0 Å². The van der Waals surface area contributed by atoms with Crippen molar-refractivity contribution in [2.45, 2.75) is 31.2 Å². The van der Waals surface area contributed by atoms with Gasteiger partial charge in [-0.1, -0.05) is 25.4 Å². The Labute approximate surface area is 147 Å². The van der Waals surface area contributed by atoms with E-state index in [4.69, 9.17) is 11.6 Å². The van der Waals surface area contributed by atoms with Crippen LogP contribution >= 0.6 is 23.4 Å². The van der Waals surface area contributed by atoms with Crippen LogP contribution < -0.4 is 0 Å². The summed E-state index contributed by atoms with van der Waals surface area (Å²) in [5.74, 6) is 0.898. The Balaban J connectivity index is 2.00. The maximum atomic E-state index is 12.6. The molecular formula is C16H22ClNO3S2. The van der Waals surface area contributed by atoms with Crippen LogP contribution in [0.5, 0.6) is 0 Å². The highest BCUT2D eigenvalue weighted by atomic mass is 35.5. The Bertz CT molecular complexity index is 644. The highest BCUT2D eigenvalue weighted by Gasteiger charge is 2.34. The van der Waals surface area contributed by atoms with Crippen LogP contribution in [-0.4, -0.2) is 49.1 Å². The molecule has 1 unspecified atom stereocenters. The maximum Gasteiger partial charge on any atom is 0.233 e. The van der Waals surface area contributed by atoms with Gasteiger partial charge < -0.3 is 4.90 Å². The molecule has 1 aromatic carbocycles. The molecule has 7 heteroatoms. The number of carbonyl (C=O) groups is 1. The zero-order chi connectivity index (χ0) is 17.0. The largest absolute Gasteiger partial charge is 0.338 e. The lowest BCUT2D eigenvalue weighted by Gasteiger charge is -2.30. The van der Waals surface area contributed by atoms with Crippen molar-refractivity contribution in [3.63, 3.8) is 0 Å². The molecule has 2 rings (SSSR count). The Morgan fingerprint density at radius 3 is 2.52 bits per heavy atom. The van der Waals surface area contributed by atoms with E-state index in [0.717, 1.165) is 4.90 Å². The van der Waals surface area contributed by atoms with Gasteiger partial charge in [0.1, 0.15) is 0 Å². The molecule has 4 nitrogen and oxygen atoms in total. The molecule has 0 saturated carbocycles. The fourth-order valence-electron chi connectivity index (χ4n) is 2.63. The lowest BCUT2D eigenvalue weighted by atomic mass is 10.1. The van der Waals surface area contributed by atoms with Crippen molar-refractivity contribution in [3.05, 3.63) is 29.3 Å². The summed E-state index contributed by atoms with van der Waals surface area (Å²) in [6.07, 6.45) is 0.548. The highest BCUT2D eigenvalue weighted by Crippen LogP contribution is 2.24. The van der Waals surface area contributed by atoms with Crippen molar-refractivity contribution in [1.82, 2.24) is 4.90 Å². The Kier molecular flexibility index (Phi) is 6.40. The minimum Gasteiger partial charge on any atom is -0.338 e. The summed E-state index contributed by atoms with van der Waals surface area (Å²) < 4.78 is 23.4. The Morgan fingerprint density at radius 2 is 2.00 bits per heavy atom. The number of benzene rings is 1. The monoisotopic (exact) mass is 375 g/mol. The first-order valence-electron chi connectivity index (χ1n) is 7.65. The van der Waals surface area contributed by atoms with Crippen LogP contribution in [0.4, 0.5) is 0 Å². The summed E-state index contributed by atoms with van der Waals surface area (Å²) in [5, 5.41) is 0.665. The lowest BCUT2D eigenvalue weighted by molar-refractivity contribution is -0.130. The van der Waals surface area contributed by atoms with Crippen molar-refractivity contribution in [1.29, 1.82) is 0 Å². The molecule has 1 saturated heterocycles. The maximum absolute atomic E-state index is 12.6. The third-order valence-corrected chi connectivity index (χ3v) is 6.71. The van der Waals surface area contributed by atoms with Gasteiger partial charge in [-0.15, -0.1) is 11.8 Å². The molecule has 0 aliphatic carbocycles. The summed E-state index contributed by atoms with van der Waals surface area (Å²) in [5.41, 5.74) is 0. The van der Waals surface area contributed by atoms with Crippen LogP contribution in [0.2, 0.25) is 5.02 Å². The quantitative estimate of drug-likeness (QED) is 0.717. The fourth-order valence-corrected chi connectivity index (χ4v) is 5.27.